The lowest BCUT2D eigenvalue weighted by atomic mass is 9.97. The molecule has 1 heterocycles. The van der Waals surface area contributed by atoms with E-state index < -0.39 is 0 Å². The molecular formula is C14H21N. The first-order valence-electron chi connectivity index (χ1n) is 6.00. The minimum Gasteiger partial charge on any atom is -0.310 e. The van der Waals surface area contributed by atoms with Crippen molar-refractivity contribution in [3.8, 4) is 0 Å². The Labute approximate surface area is 92.9 Å². The second kappa shape index (κ2) is 4.36. The Kier molecular flexibility index (Phi) is 3.11. The molecule has 0 aromatic heterocycles. The standard InChI is InChI=1S/C14H21N/c1-10(2)12-4-6-13(7-5-12)14-8-11(3)9-15-14/h4-7,10-11,14-15H,8-9H2,1-3H3/t11-,14-/m1/s1. The molecule has 1 aromatic carbocycles. The van der Waals surface area contributed by atoms with E-state index in [1.807, 2.05) is 0 Å². The van der Waals surface area contributed by atoms with Crippen molar-refractivity contribution in [3.05, 3.63) is 35.4 Å². The summed E-state index contributed by atoms with van der Waals surface area (Å²) in [6.07, 6.45) is 1.28. The van der Waals surface area contributed by atoms with Gasteiger partial charge in [0.15, 0.2) is 0 Å². The van der Waals surface area contributed by atoms with Gasteiger partial charge >= 0.3 is 0 Å². The summed E-state index contributed by atoms with van der Waals surface area (Å²) in [5, 5.41) is 3.57. The van der Waals surface area contributed by atoms with Crippen LogP contribution in [0.5, 0.6) is 0 Å². The van der Waals surface area contributed by atoms with Gasteiger partial charge in [0.05, 0.1) is 0 Å². The van der Waals surface area contributed by atoms with Crippen LogP contribution in [0.1, 0.15) is 50.3 Å². The molecule has 0 unspecified atom stereocenters. The van der Waals surface area contributed by atoms with Gasteiger partial charge in [-0.2, -0.15) is 0 Å². The third-order valence-electron chi connectivity index (χ3n) is 3.36. The van der Waals surface area contributed by atoms with Crippen LogP contribution in [-0.2, 0) is 0 Å². The van der Waals surface area contributed by atoms with Gasteiger partial charge in [-0.05, 0) is 35.9 Å². The predicted molar refractivity (Wildman–Crippen MR) is 65.1 cm³/mol. The second-order valence-corrected chi connectivity index (χ2v) is 5.12. The predicted octanol–water partition coefficient (Wildman–Crippen LogP) is 3.48. The van der Waals surface area contributed by atoms with Crippen molar-refractivity contribution in [2.24, 2.45) is 5.92 Å². The molecule has 15 heavy (non-hydrogen) atoms. The molecule has 1 heteroatoms. The van der Waals surface area contributed by atoms with E-state index >= 15 is 0 Å². The van der Waals surface area contributed by atoms with Crippen LogP contribution < -0.4 is 5.32 Å². The van der Waals surface area contributed by atoms with Crippen LogP contribution in [0.15, 0.2) is 24.3 Å². The molecule has 0 aliphatic carbocycles. The highest BCUT2D eigenvalue weighted by Gasteiger charge is 2.21. The highest BCUT2D eigenvalue weighted by molar-refractivity contribution is 5.27. The Morgan fingerprint density at radius 1 is 1.20 bits per heavy atom. The lowest BCUT2D eigenvalue weighted by Crippen LogP contribution is -2.13. The summed E-state index contributed by atoms with van der Waals surface area (Å²) in [6, 6.07) is 9.69. The average Bonchev–Trinajstić information content (AvgIpc) is 2.65. The molecule has 1 saturated heterocycles. The van der Waals surface area contributed by atoms with E-state index in [1.165, 1.54) is 17.5 Å². The van der Waals surface area contributed by atoms with E-state index in [9.17, 15) is 0 Å². The number of hydrogen-bond donors (Lipinski definition) is 1. The molecule has 1 N–H and O–H groups in total. The van der Waals surface area contributed by atoms with Crippen molar-refractivity contribution in [1.82, 2.24) is 5.32 Å². The van der Waals surface area contributed by atoms with Gasteiger partial charge in [0.2, 0.25) is 0 Å². The van der Waals surface area contributed by atoms with Crippen molar-refractivity contribution < 1.29 is 0 Å². The van der Waals surface area contributed by atoms with Crippen LogP contribution in [0, 0.1) is 5.92 Å². The summed E-state index contributed by atoms with van der Waals surface area (Å²) >= 11 is 0. The first-order valence-corrected chi connectivity index (χ1v) is 6.00. The largest absolute Gasteiger partial charge is 0.310 e. The SMILES string of the molecule is CC(C)c1ccc([C@H]2C[C@@H](C)CN2)cc1. The van der Waals surface area contributed by atoms with Crippen LogP contribution in [0.2, 0.25) is 0 Å². The van der Waals surface area contributed by atoms with E-state index in [4.69, 9.17) is 0 Å². The third-order valence-corrected chi connectivity index (χ3v) is 3.36. The molecule has 0 radical (unpaired) electrons. The zero-order valence-corrected chi connectivity index (χ0v) is 9.96. The molecule has 0 spiro atoms. The van der Waals surface area contributed by atoms with Crippen molar-refractivity contribution in [1.29, 1.82) is 0 Å². The van der Waals surface area contributed by atoms with Crippen LogP contribution in [0.25, 0.3) is 0 Å². The van der Waals surface area contributed by atoms with Gasteiger partial charge in [-0.15, -0.1) is 0 Å². The van der Waals surface area contributed by atoms with E-state index in [0.29, 0.717) is 12.0 Å². The highest BCUT2D eigenvalue weighted by atomic mass is 14.9. The minimum absolute atomic E-state index is 0.584. The number of rotatable bonds is 2. The van der Waals surface area contributed by atoms with E-state index in [2.05, 4.69) is 50.4 Å². The third kappa shape index (κ3) is 2.40. The summed E-state index contributed by atoms with van der Waals surface area (Å²) in [4.78, 5) is 0. The maximum absolute atomic E-state index is 3.57. The molecule has 1 aliphatic heterocycles. The Balaban J connectivity index is 2.10. The summed E-state index contributed by atoms with van der Waals surface area (Å²) in [5.41, 5.74) is 2.88. The first kappa shape index (κ1) is 10.7. The van der Waals surface area contributed by atoms with Gasteiger partial charge in [-0.3, -0.25) is 0 Å². The van der Waals surface area contributed by atoms with Crippen molar-refractivity contribution in [2.75, 3.05) is 6.54 Å². The van der Waals surface area contributed by atoms with E-state index in [1.54, 1.807) is 0 Å². The molecule has 82 valence electrons. The average molecular weight is 203 g/mol. The van der Waals surface area contributed by atoms with Gasteiger partial charge in [0.1, 0.15) is 0 Å². The van der Waals surface area contributed by atoms with Crippen molar-refractivity contribution in [2.45, 2.75) is 39.2 Å². The molecule has 0 saturated carbocycles. The van der Waals surface area contributed by atoms with Crippen LogP contribution >= 0.6 is 0 Å². The van der Waals surface area contributed by atoms with E-state index in [0.717, 1.165) is 12.5 Å². The maximum atomic E-state index is 3.57. The van der Waals surface area contributed by atoms with Crippen LogP contribution in [-0.4, -0.2) is 6.54 Å². The van der Waals surface area contributed by atoms with E-state index in [-0.39, 0.29) is 0 Å². The summed E-state index contributed by atoms with van der Waals surface area (Å²) in [5.74, 6) is 1.45. The summed E-state index contributed by atoms with van der Waals surface area (Å²) < 4.78 is 0. The number of hydrogen-bond acceptors (Lipinski definition) is 1. The van der Waals surface area contributed by atoms with Crippen LogP contribution in [0.3, 0.4) is 0 Å². The molecule has 1 aromatic rings. The zero-order valence-electron chi connectivity index (χ0n) is 9.96. The van der Waals surface area contributed by atoms with Gasteiger partial charge in [-0.1, -0.05) is 45.0 Å². The lowest BCUT2D eigenvalue weighted by Gasteiger charge is -2.12. The molecular weight excluding hydrogens is 182 g/mol. The van der Waals surface area contributed by atoms with Crippen molar-refractivity contribution in [3.63, 3.8) is 0 Å². The summed E-state index contributed by atoms with van der Waals surface area (Å²) in [6.45, 7) is 7.96. The molecule has 1 fully saturated rings. The maximum Gasteiger partial charge on any atom is 0.0323 e. The zero-order chi connectivity index (χ0) is 10.8. The normalized spacial score (nSPS) is 26.1. The highest BCUT2D eigenvalue weighted by Crippen LogP contribution is 2.27. The number of nitrogens with one attached hydrogen (secondary N) is 1. The fourth-order valence-electron chi connectivity index (χ4n) is 2.28. The topological polar surface area (TPSA) is 12.0 Å². The van der Waals surface area contributed by atoms with Crippen molar-refractivity contribution >= 4 is 0 Å². The monoisotopic (exact) mass is 203 g/mol. The molecule has 0 amide bonds. The van der Waals surface area contributed by atoms with Crippen LogP contribution in [0.4, 0.5) is 0 Å². The molecule has 0 bridgehead atoms. The summed E-state index contributed by atoms with van der Waals surface area (Å²) in [7, 11) is 0. The Hall–Kier alpha value is -0.820. The van der Waals surface area contributed by atoms with Gasteiger partial charge in [-0.25, -0.2) is 0 Å². The second-order valence-electron chi connectivity index (χ2n) is 5.12. The fraction of sp³-hybridized carbons (Fsp3) is 0.571. The molecule has 1 nitrogen and oxygen atoms in total. The van der Waals surface area contributed by atoms with Gasteiger partial charge < -0.3 is 5.32 Å². The van der Waals surface area contributed by atoms with Gasteiger partial charge in [0, 0.05) is 6.04 Å². The first-order chi connectivity index (χ1) is 7.16. The smallest absolute Gasteiger partial charge is 0.0323 e. The minimum atomic E-state index is 0.584. The number of benzene rings is 1. The fourth-order valence-corrected chi connectivity index (χ4v) is 2.28. The Morgan fingerprint density at radius 2 is 1.87 bits per heavy atom. The molecule has 2 atom stereocenters. The Morgan fingerprint density at radius 3 is 2.33 bits per heavy atom. The molecule has 1 aliphatic rings. The van der Waals surface area contributed by atoms with Gasteiger partial charge in [0.25, 0.3) is 0 Å². The quantitative estimate of drug-likeness (QED) is 0.776. The lowest BCUT2D eigenvalue weighted by molar-refractivity contribution is 0.611. The molecule has 2 rings (SSSR count). The Bertz CT molecular complexity index is 313.